The minimum Gasteiger partial charge on any atom is -0.368 e. The summed E-state index contributed by atoms with van der Waals surface area (Å²) in [5.74, 6) is -0.204. The number of hydrogen-bond acceptors (Lipinski definition) is 2. The number of fused-ring (bicyclic) bond motifs is 1. The Hall–Kier alpha value is -2.20. The Labute approximate surface area is 147 Å². The standard InChI is InChI=1S/C21H22FNO2/c22-17-10-8-16(9-11-17)20-18-6-2-1-5-15(18)12-13-23(20)21(24)19-7-3-4-14-25-19/h1-2,5-6,8-11,19-20H,3-4,7,12-14H2/t19-,20-/m0/s1. The van der Waals surface area contributed by atoms with Crippen LogP contribution in [0.4, 0.5) is 4.39 Å². The Morgan fingerprint density at radius 1 is 1.08 bits per heavy atom. The molecule has 3 nitrogen and oxygen atoms in total. The van der Waals surface area contributed by atoms with Gasteiger partial charge in [-0.05, 0) is 54.5 Å². The number of rotatable bonds is 2. The van der Waals surface area contributed by atoms with E-state index in [9.17, 15) is 9.18 Å². The molecule has 0 aromatic heterocycles. The van der Waals surface area contributed by atoms with E-state index in [1.54, 1.807) is 12.1 Å². The van der Waals surface area contributed by atoms with Crippen LogP contribution in [-0.2, 0) is 16.0 Å². The first-order valence-corrected chi connectivity index (χ1v) is 8.99. The molecule has 1 fully saturated rings. The Kier molecular flexibility index (Phi) is 4.53. The molecule has 0 spiro atoms. The highest BCUT2D eigenvalue weighted by atomic mass is 19.1. The predicted molar refractivity (Wildman–Crippen MR) is 93.7 cm³/mol. The van der Waals surface area contributed by atoms with Gasteiger partial charge in [0.25, 0.3) is 5.91 Å². The van der Waals surface area contributed by atoms with Crippen LogP contribution in [0.3, 0.4) is 0 Å². The van der Waals surface area contributed by atoms with Crippen LogP contribution < -0.4 is 0 Å². The Morgan fingerprint density at radius 2 is 1.88 bits per heavy atom. The summed E-state index contributed by atoms with van der Waals surface area (Å²) in [6.07, 6.45) is 3.33. The molecule has 0 bridgehead atoms. The molecular weight excluding hydrogens is 317 g/mol. The van der Waals surface area contributed by atoms with E-state index in [0.29, 0.717) is 13.2 Å². The molecule has 4 heteroatoms. The summed E-state index contributed by atoms with van der Waals surface area (Å²) in [5.41, 5.74) is 3.33. The molecule has 1 amide bonds. The van der Waals surface area contributed by atoms with Crippen molar-refractivity contribution in [1.82, 2.24) is 4.90 Å². The number of benzene rings is 2. The number of halogens is 1. The van der Waals surface area contributed by atoms with Crippen LogP contribution in [0.15, 0.2) is 48.5 Å². The molecule has 0 saturated carbocycles. The molecule has 0 radical (unpaired) electrons. The third-order valence-corrected chi connectivity index (χ3v) is 5.21. The number of nitrogens with zero attached hydrogens (tertiary/aromatic N) is 1. The quantitative estimate of drug-likeness (QED) is 0.831. The first kappa shape index (κ1) is 16.3. The van der Waals surface area contributed by atoms with Crippen LogP contribution in [0.25, 0.3) is 0 Å². The van der Waals surface area contributed by atoms with E-state index in [0.717, 1.165) is 36.8 Å². The Balaban J connectivity index is 1.72. The number of carbonyl (C=O) groups is 1. The summed E-state index contributed by atoms with van der Waals surface area (Å²) in [4.78, 5) is 15.1. The van der Waals surface area contributed by atoms with Crippen molar-refractivity contribution in [1.29, 1.82) is 0 Å². The number of hydrogen-bond donors (Lipinski definition) is 0. The Morgan fingerprint density at radius 3 is 2.64 bits per heavy atom. The molecule has 2 aromatic rings. The van der Waals surface area contributed by atoms with Gasteiger partial charge in [0.2, 0.25) is 0 Å². The predicted octanol–water partition coefficient (Wildman–Crippen LogP) is 3.87. The number of carbonyl (C=O) groups excluding carboxylic acids is 1. The van der Waals surface area contributed by atoms with Crippen molar-refractivity contribution in [2.24, 2.45) is 0 Å². The van der Waals surface area contributed by atoms with E-state index in [4.69, 9.17) is 4.74 Å². The summed E-state index contributed by atoms with van der Waals surface area (Å²) < 4.78 is 19.1. The molecule has 1 saturated heterocycles. The van der Waals surface area contributed by atoms with Gasteiger partial charge in [-0.3, -0.25) is 4.79 Å². The molecule has 0 N–H and O–H groups in total. The topological polar surface area (TPSA) is 29.5 Å². The maximum Gasteiger partial charge on any atom is 0.252 e. The summed E-state index contributed by atoms with van der Waals surface area (Å²) >= 11 is 0. The van der Waals surface area contributed by atoms with Crippen molar-refractivity contribution in [3.8, 4) is 0 Å². The van der Waals surface area contributed by atoms with Crippen molar-refractivity contribution >= 4 is 5.91 Å². The highest BCUT2D eigenvalue weighted by molar-refractivity contribution is 5.82. The van der Waals surface area contributed by atoms with Crippen molar-refractivity contribution in [2.75, 3.05) is 13.2 Å². The third-order valence-electron chi connectivity index (χ3n) is 5.21. The Bertz CT molecular complexity index is 753. The summed E-state index contributed by atoms with van der Waals surface area (Å²) in [7, 11) is 0. The highest BCUT2D eigenvalue weighted by Gasteiger charge is 2.36. The van der Waals surface area contributed by atoms with Gasteiger partial charge in [-0.25, -0.2) is 4.39 Å². The van der Waals surface area contributed by atoms with E-state index in [1.165, 1.54) is 17.7 Å². The fraction of sp³-hybridized carbons (Fsp3) is 0.381. The number of ether oxygens (including phenoxy) is 1. The van der Waals surface area contributed by atoms with E-state index in [-0.39, 0.29) is 23.9 Å². The zero-order chi connectivity index (χ0) is 17.2. The fourth-order valence-corrected chi connectivity index (χ4v) is 3.93. The van der Waals surface area contributed by atoms with Crippen LogP contribution >= 0.6 is 0 Å². The number of amides is 1. The highest BCUT2D eigenvalue weighted by Crippen LogP contribution is 2.36. The van der Waals surface area contributed by atoms with Gasteiger partial charge < -0.3 is 9.64 Å². The molecule has 2 aliphatic rings. The minimum absolute atomic E-state index is 0.0588. The first-order valence-electron chi connectivity index (χ1n) is 8.99. The lowest BCUT2D eigenvalue weighted by atomic mass is 9.87. The van der Waals surface area contributed by atoms with Gasteiger partial charge in [0, 0.05) is 13.2 Å². The second-order valence-corrected chi connectivity index (χ2v) is 6.79. The summed E-state index contributed by atoms with van der Waals surface area (Å²) in [5, 5.41) is 0. The average molecular weight is 339 g/mol. The van der Waals surface area contributed by atoms with Gasteiger partial charge >= 0.3 is 0 Å². The molecule has 0 unspecified atom stereocenters. The maximum absolute atomic E-state index is 13.4. The van der Waals surface area contributed by atoms with Gasteiger partial charge in [-0.1, -0.05) is 36.4 Å². The maximum atomic E-state index is 13.4. The van der Waals surface area contributed by atoms with Gasteiger partial charge in [-0.2, -0.15) is 0 Å². The molecular formula is C21H22FNO2. The van der Waals surface area contributed by atoms with Crippen molar-refractivity contribution in [3.63, 3.8) is 0 Å². The van der Waals surface area contributed by atoms with Crippen molar-refractivity contribution in [2.45, 2.75) is 37.8 Å². The molecule has 2 heterocycles. The lowest BCUT2D eigenvalue weighted by molar-refractivity contribution is -0.148. The average Bonchev–Trinajstić information content (AvgIpc) is 2.68. The molecule has 2 atom stereocenters. The monoisotopic (exact) mass is 339 g/mol. The zero-order valence-corrected chi connectivity index (χ0v) is 14.2. The summed E-state index contributed by atoms with van der Waals surface area (Å²) in [6.45, 7) is 1.32. The second-order valence-electron chi connectivity index (χ2n) is 6.79. The molecule has 25 heavy (non-hydrogen) atoms. The normalized spacial score (nSPS) is 23.2. The second kappa shape index (κ2) is 6.96. The van der Waals surface area contributed by atoms with Crippen LogP contribution in [0, 0.1) is 5.82 Å². The molecule has 4 rings (SSSR count). The van der Waals surface area contributed by atoms with Crippen LogP contribution in [-0.4, -0.2) is 30.1 Å². The largest absolute Gasteiger partial charge is 0.368 e. The van der Waals surface area contributed by atoms with Crippen LogP contribution in [0.2, 0.25) is 0 Å². The van der Waals surface area contributed by atoms with E-state index >= 15 is 0 Å². The minimum atomic E-state index is -0.345. The van der Waals surface area contributed by atoms with Gasteiger partial charge in [0.15, 0.2) is 0 Å². The lowest BCUT2D eigenvalue weighted by Crippen LogP contribution is -2.47. The summed E-state index contributed by atoms with van der Waals surface area (Å²) in [6, 6.07) is 14.5. The van der Waals surface area contributed by atoms with E-state index < -0.39 is 0 Å². The third kappa shape index (κ3) is 3.19. The van der Waals surface area contributed by atoms with Gasteiger partial charge in [0.1, 0.15) is 11.9 Å². The smallest absolute Gasteiger partial charge is 0.252 e. The van der Waals surface area contributed by atoms with E-state index in [2.05, 4.69) is 12.1 Å². The van der Waals surface area contributed by atoms with Crippen LogP contribution in [0.1, 0.15) is 42.0 Å². The fourth-order valence-electron chi connectivity index (χ4n) is 3.93. The molecule has 2 aromatic carbocycles. The first-order chi connectivity index (χ1) is 12.2. The lowest BCUT2D eigenvalue weighted by Gasteiger charge is -2.40. The van der Waals surface area contributed by atoms with Gasteiger partial charge in [-0.15, -0.1) is 0 Å². The molecule has 2 aliphatic heterocycles. The van der Waals surface area contributed by atoms with E-state index in [1.807, 2.05) is 17.0 Å². The van der Waals surface area contributed by atoms with Gasteiger partial charge in [0.05, 0.1) is 6.04 Å². The van der Waals surface area contributed by atoms with Crippen molar-refractivity contribution in [3.05, 3.63) is 71.0 Å². The zero-order valence-electron chi connectivity index (χ0n) is 14.2. The molecule has 0 aliphatic carbocycles. The SMILES string of the molecule is O=C([C@@H]1CCCCO1)N1CCc2ccccc2[C@@H]1c1ccc(F)cc1. The molecule has 130 valence electrons. The van der Waals surface area contributed by atoms with Crippen molar-refractivity contribution < 1.29 is 13.9 Å². The van der Waals surface area contributed by atoms with Crippen LogP contribution in [0.5, 0.6) is 0 Å².